The summed E-state index contributed by atoms with van der Waals surface area (Å²) in [5.41, 5.74) is 9.22. The number of aromatic nitrogens is 2. The fourth-order valence-corrected chi connectivity index (χ4v) is 3.55. The molecule has 0 radical (unpaired) electrons. The molecule has 0 saturated carbocycles. The molecule has 2 heterocycles. The Morgan fingerprint density at radius 1 is 1.11 bits per heavy atom. The first-order valence-electron chi connectivity index (χ1n) is 9.02. The van der Waals surface area contributed by atoms with Gasteiger partial charge in [0.2, 0.25) is 0 Å². The van der Waals surface area contributed by atoms with E-state index < -0.39 is 0 Å². The highest BCUT2D eigenvalue weighted by molar-refractivity contribution is 6.09. The van der Waals surface area contributed by atoms with Gasteiger partial charge >= 0.3 is 0 Å². The summed E-state index contributed by atoms with van der Waals surface area (Å²) in [6.45, 7) is 1.98. The van der Waals surface area contributed by atoms with Crippen LogP contribution in [0.5, 0.6) is 11.5 Å². The Bertz CT molecular complexity index is 1050. The summed E-state index contributed by atoms with van der Waals surface area (Å²) in [5.74, 6) is -0.263. The van der Waals surface area contributed by atoms with E-state index in [2.05, 4.69) is 10.2 Å². The number of aryl methyl sites for hydroxylation is 1. The molecule has 1 aromatic heterocycles. The number of nitrogens with zero attached hydrogens (tertiary/aromatic N) is 3. The highest BCUT2D eigenvalue weighted by atomic mass is 16.3. The van der Waals surface area contributed by atoms with Gasteiger partial charge in [-0.25, -0.2) is 0 Å². The number of benzene rings is 2. The Balaban J connectivity index is 1.73. The minimum atomic E-state index is -0.300. The number of phenols is 2. The minimum absolute atomic E-state index is 0.0182. The number of phenolic OH excluding ortho intramolecular Hbond substituents is 2. The summed E-state index contributed by atoms with van der Waals surface area (Å²) in [4.78, 5) is 14.8. The SMILES string of the molecule is C[C@H]1CCc2cc(-c3ccc(N)nn3)ccc2N1C(=O)c1ccc(O)cc1O. The van der Waals surface area contributed by atoms with Crippen molar-refractivity contribution in [3.8, 4) is 22.8 Å². The topological polar surface area (TPSA) is 113 Å². The number of amides is 1. The molecule has 2 aromatic carbocycles. The van der Waals surface area contributed by atoms with Crippen LogP contribution < -0.4 is 10.6 Å². The highest BCUT2D eigenvalue weighted by Gasteiger charge is 2.30. The van der Waals surface area contributed by atoms with Gasteiger partial charge in [-0.3, -0.25) is 4.79 Å². The third-order valence-corrected chi connectivity index (χ3v) is 5.02. The van der Waals surface area contributed by atoms with Gasteiger partial charge in [-0.1, -0.05) is 6.07 Å². The summed E-state index contributed by atoms with van der Waals surface area (Å²) in [6.07, 6.45) is 1.63. The number of hydrogen-bond acceptors (Lipinski definition) is 6. The summed E-state index contributed by atoms with van der Waals surface area (Å²) >= 11 is 0. The predicted octanol–water partition coefficient (Wildman–Crippen LogP) is 3.12. The lowest BCUT2D eigenvalue weighted by atomic mass is 9.93. The second kappa shape index (κ2) is 6.84. The molecular weight excluding hydrogens is 356 g/mol. The van der Waals surface area contributed by atoms with Gasteiger partial charge in [-0.2, -0.15) is 0 Å². The number of anilines is 2. The largest absolute Gasteiger partial charge is 0.508 e. The van der Waals surface area contributed by atoms with Crippen molar-refractivity contribution in [1.29, 1.82) is 0 Å². The monoisotopic (exact) mass is 376 g/mol. The number of rotatable bonds is 2. The van der Waals surface area contributed by atoms with Gasteiger partial charge in [0, 0.05) is 23.4 Å². The van der Waals surface area contributed by atoms with Crippen LogP contribution in [0.2, 0.25) is 0 Å². The number of nitrogens with two attached hydrogens (primary N) is 1. The molecule has 0 aliphatic carbocycles. The fraction of sp³-hybridized carbons (Fsp3) is 0.190. The van der Waals surface area contributed by atoms with Crippen LogP contribution in [0.1, 0.15) is 29.3 Å². The van der Waals surface area contributed by atoms with Crippen LogP contribution >= 0.6 is 0 Å². The van der Waals surface area contributed by atoms with Crippen LogP contribution in [0.25, 0.3) is 11.3 Å². The van der Waals surface area contributed by atoms with Crippen molar-refractivity contribution in [2.45, 2.75) is 25.8 Å². The summed E-state index contributed by atoms with van der Waals surface area (Å²) in [5, 5.41) is 27.6. The molecule has 1 amide bonds. The number of hydrogen-bond donors (Lipinski definition) is 3. The predicted molar refractivity (Wildman–Crippen MR) is 106 cm³/mol. The van der Waals surface area contributed by atoms with Crippen molar-refractivity contribution in [3.05, 3.63) is 59.7 Å². The maximum Gasteiger partial charge on any atom is 0.262 e. The normalized spacial score (nSPS) is 15.9. The average molecular weight is 376 g/mol. The van der Waals surface area contributed by atoms with Gasteiger partial charge < -0.3 is 20.8 Å². The number of carbonyl (C=O) groups excluding carboxylic acids is 1. The Hall–Kier alpha value is -3.61. The Kier molecular flexibility index (Phi) is 4.35. The van der Waals surface area contributed by atoms with Crippen molar-refractivity contribution in [3.63, 3.8) is 0 Å². The van der Waals surface area contributed by atoms with Crippen molar-refractivity contribution < 1.29 is 15.0 Å². The van der Waals surface area contributed by atoms with E-state index in [0.717, 1.165) is 29.7 Å². The molecule has 1 aliphatic rings. The zero-order valence-corrected chi connectivity index (χ0v) is 15.3. The Labute approximate surface area is 162 Å². The molecule has 0 fully saturated rings. The molecule has 0 spiro atoms. The van der Waals surface area contributed by atoms with E-state index in [-0.39, 0.29) is 29.0 Å². The maximum absolute atomic E-state index is 13.1. The quantitative estimate of drug-likeness (QED) is 0.633. The van der Waals surface area contributed by atoms with E-state index in [4.69, 9.17) is 5.73 Å². The Morgan fingerprint density at radius 3 is 2.64 bits per heavy atom. The van der Waals surface area contributed by atoms with Gasteiger partial charge in [0.25, 0.3) is 5.91 Å². The van der Waals surface area contributed by atoms with E-state index in [1.165, 1.54) is 18.2 Å². The number of nitrogen functional groups attached to an aromatic ring is 1. The number of carbonyl (C=O) groups is 1. The second-order valence-electron chi connectivity index (χ2n) is 6.95. The van der Waals surface area contributed by atoms with Gasteiger partial charge in [-0.15, -0.1) is 10.2 Å². The molecule has 7 heteroatoms. The minimum Gasteiger partial charge on any atom is -0.508 e. The van der Waals surface area contributed by atoms with Crippen molar-refractivity contribution >= 4 is 17.4 Å². The maximum atomic E-state index is 13.1. The molecular formula is C21H20N4O3. The van der Waals surface area contributed by atoms with E-state index in [0.29, 0.717) is 11.5 Å². The molecule has 7 nitrogen and oxygen atoms in total. The standard InChI is InChI=1S/C21H20N4O3/c1-12-2-3-14-10-13(17-7-9-20(22)24-23-17)4-8-18(14)25(12)21(28)16-6-5-15(26)11-19(16)27/h4-12,26-27H,2-3H2,1H3,(H2,22,24)/t12-/m0/s1. The number of aromatic hydroxyl groups is 2. The van der Waals surface area contributed by atoms with Gasteiger partial charge in [0.1, 0.15) is 17.3 Å². The molecule has 0 bridgehead atoms. The lowest BCUT2D eigenvalue weighted by Gasteiger charge is -2.35. The van der Waals surface area contributed by atoms with Crippen LogP contribution in [-0.2, 0) is 6.42 Å². The van der Waals surface area contributed by atoms with Crippen LogP contribution in [0.4, 0.5) is 11.5 Å². The lowest BCUT2D eigenvalue weighted by molar-refractivity contribution is 0.0972. The average Bonchev–Trinajstić information content (AvgIpc) is 2.68. The first-order chi connectivity index (χ1) is 13.4. The molecule has 142 valence electrons. The lowest BCUT2D eigenvalue weighted by Crippen LogP contribution is -2.42. The molecule has 4 N–H and O–H groups in total. The third-order valence-electron chi connectivity index (χ3n) is 5.02. The van der Waals surface area contributed by atoms with Crippen LogP contribution in [0, 0.1) is 0 Å². The smallest absolute Gasteiger partial charge is 0.262 e. The van der Waals surface area contributed by atoms with E-state index in [1.807, 2.05) is 31.2 Å². The molecule has 4 rings (SSSR count). The summed E-state index contributed by atoms with van der Waals surface area (Å²) in [6, 6.07) is 13.3. The van der Waals surface area contributed by atoms with Gasteiger partial charge in [0.15, 0.2) is 0 Å². The first kappa shape index (κ1) is 17.8. The van der Waals surface area contributed by atoms with Crippen LogP contribution in [-0.4, -0.2) is 32.4 Å². The van der Waals surface area contributed by atoms with E-state index in [9.17, 15) is 15.0 Å². The molecule has 0 unspecified atom stereocenters. The fourth-order valence-electron chi connectivity index (χ4n) is 3.55. The zero-order valence-electron chi connectivity index (χ0n) is 15.3. The molecule has 0 saturated heterocycles. The van der Waals surface area contributed by atoms with Crippen molar-refractivity contribution in [2.24, 2.45) is 0 Å². The summed E-state index contributed by atoms with van der Waals surface area (Å²) < 4.78 is 0. The molecule has 1 atom stereocenters. The van der Waals surface area contributed by atoms with E-state index >= 15 is 0 Å². The van der Waals surface area contributed by atoms with Gasteiger partial charge in [-0.05, 0) is 61.7 Å². The highest BCUT2D eigenvalue weighted by Crippen LogP contribution is 2.36. The number of fused-ring (bicyclic) bond motifs is 1. The van der Waals surface area contributed by atoms with Crippen LogP contribution in [0.3, 0.4) is 0 Å². The van der Waals surface area contributed by atoms with Crippen molar-refractivity contribution in [2.75, 3.05) is 10.6 Å². The van der Waals surface area contributed by atoms with E-state index in [1.54, 1.807) is 11.0 Å². The second-order valence-corrected chi connectivity index (χ2v) is 6.95. The summed E-state index contributed by atoms with van der Waals surface area (Å²) in [7, 11) is 0. The third kappa shape index (κ3) is 3.11. The van der Waals surface area contributed by atoms with Crippen molar-refractivity contribution in [1.82, 2.24) is 10.2 Å². The molecule has 28 heavy (non-hydrogen) atoms. The zero-order chi connectivity index (χ0) is 19.8. The molecule has 1 aliphatic heterocycles. The Morgan fingerprint density at radius 2 is 1.93 bits per heavy atom. The van der Waals surface area contributed by atoms with Gasteiger partial charge in [0.05, 0.1) is 11.3 Å². The van der Waals surface area contributed by atoms with Crippen LogP contribution in [0.15, 0.2) is 48.5 Å². The molecule has 3 aromatic rings. The first-order valence-corrected chi connectivity index (χ1v) is 9.02.